The van der Waals surface area contributed by atoms with Gasteiger partial charge in [-0.1, -0.05) is 148 Å². The normalized spacial score (nSPS) is 23.7. The Morgan fingerprint density at radius 1 is 0.623 bits per heavy atom. The summed E-state index contributed by atoms with van der Waals surface area (Å²) in [7, 11) is -5.12. The molecule has 1 fully saturated rings. The van der Waals surface area contributed by atoms with Crippen molar-refractivity contribution in [2.24, 2.45) is 0 Å². The van der Waals surface area contributed by atoms with E-state index in [2.05, 4.69) is 13.8 Å². The number of carbonyl (C=O) groups excluding carboxylic acids is 2. The van der Waals surface area contributed by atoms with Gasteiger partial charge in [0.2, 0.25) is 0 Å². The summed E-state index contributed by atoms with van der Waals surface area (Å²) < 4.78 is 33.1. The van der Waals surface area contributed by atoms with E-state index >= 15 is 0 Å². The van der Waals surface area contributed by atoms with Gasteiger partial charge < -0.3 is 39.9 Å². The van der Waals surface area contributed by atoms with E-state index in [-0.39, 0.29) is 6.42 Å². The quantitative estimate of drug-likeness (QED) is 0.0142. The molecule has 1 aliphatic carbocycles. The zero-order valence-corrected chi connectivity index (χ0v) is 33.2. The van der Waals surface area contributed by atoms with E-state index in [9.17, 15) is 44.6 Å². The van der Waals surface area contributed by atoms with E-state index in [1.165, 1.54) is 89.5 Å². The van der Waals surface area contributed by atoms with Crippen LogP contribution in [0.15, 0.2) is 24.3 Å². The molecule has 1 saturated carbocycles. The molecule has 53 heavy (non-hydrogen) atoms. The van der Waals surface area contributed by atoms with E-state index in [0.29, 0.717) is 6.42 Å². The standard InChI is InChI=1S/C39H71O13P/c1-3-5-7-9-11-13-14-15-16-17-18-20-21-23-25-27-32(40)49-29-31(51-33(41)28-26-24-22-19-12-10-8-6-4-2)30-50-53(47,48)52-39-37(45)35(43)34(42)36(44)38(39)46/h21,23,25,27,31,34-39,42-46H,3-20,22,24,26,28-30H2,1-2H3,(H,47,48)/b23-21+,27-25+/t31-,34?,35-,36?,37?,38?,39?/m0/s1. The molecule has 13 nitrogen and oxygen atoms in total. The van der Waals surface area contributed by atoms with Crippen molar-refractivity contribution in [1.82, 2.24) is 0 Å². The van der Waals surface area contributed by atoms with Crippen LogP contribution in [0, 0.1) is 0 Å². The summed E-state index contributed by atoms with van der Waals surface area (Å²) in [6.45, 7) is 3.13. The van der Waals surface area contributed by atoms with Crippen LogP contribution in [0.3, 0.4) is 0 Å². The third-order valence-electron chi connectivity index (χ3n) is 9.40. The van der Waals surface area contributed by atoms with Gasteiger partial charge in [0.15, 0.2) is 6.10 Å². The van der Waals surface area contributed by atoms with Crippen LogP contribution in [-0.2, 0) is 32.7 Å². The summed E-state index contributed by atoms with van der Waals surface area (Å²) in [5, 5.41) is 49.9. The largest absolute Gasteiger partial charge is 0.472 e. The Labute approximate surface area is 317 Å². The number of aliphatic hydroxyl groups excluding tert-OH is 5. The molecule has 0 aromatic carbocycles. The van der Waals surface area contributed by atoms with E-state index in [1.54, 1.807) is 12.2 Å². The average molecular weight is 779 g/mol. The highest BCUT2D eigenvalue weighted by Crippen LogP contribution is 2.47. The van der Waals surface area contributed by atoms with Crippen LogP contribution in [0.1, 0.15) is 155 Å². The summed E-state index contributed by atoms with van der Waals surface area (Å²) >= 11 is 0. The summed E-state index contributed by atoms with van der Waals surface area (Å²) in [4.78, 5) is 35.3. The lowest BCUT2D eigenvalue weighted by Crippen LogP contribution is -2.64. The van der Waals surface area contributed by atoms with Crippen molar-refractivity contribution >= 4 is 19.8 Å². The van der Waals surface area contributed by atoms with Crippen LogP contribution >= 0.6 is 7.82 Å². The molecule has 0 amide bonds. The molecule has 0 heterocycles. The first-order valence-electron chi connectivity index (χ1n) is 20.2. The van der Waals surface area contributed by atoms with Crippen LogP contribution < -0.4 is 0 Å². The highest BCUT2D eigenvalue weighted by molar-refractivity contribution is 7.47. The molecule has 0 bridgehead atoms. The molecule has 1 rings (SSSR count). The van der Waals surface area contributed by atoms with E-state index in [4.69, 9.17) is 18.5 Å². The Balaban J connectivity index is 2.56. The second-order valence-corrected chi connectivity index (χ2v) is 15.6. The first kappa shape index (κ1) is 49.3. The van der Waals surface area contributed by atoms with Crippen molar-refractivity contribution in [2.45, 2.75) is 198 Å². The lowest BCUT2D eigenvalue weighted by atomic mass is 9.85. The number of esters is 2. The molecule has 6 N–H and O–H groups in total. The molecule has 14 heteroatoms. The van der Waals surface area contributed by atoms with E-state index in [0.717, 1.165) is 44.9 Å². The fourth-order valence-corrected chi connectivity index (χ4v) is 7.06. The maximum atomic E-state index is 12.7. The van der Waals surface area contributed by atoms with Gasteiger partial charge in [0, 0.05) is 12.5 Å². The predicted molar refractivity (Wildman–Crippen MR) is 203 cm³/mol. The molecule has 8 atom stereocenters. The van der Waals surface area contributed by atoms with Crippen LogP contribution in [0.5, 0.6) is 0 Å². The van der Waals surface area contributed by atoms with Gasteiger partial charge >= 0.3 is 19.8 Å². The van der Waals surface area contributed by atoms with Crippen LogP contribution in [0.4, 0.5) is 0 Å². The molecule has 0 saturated heterocycles. The zero-order chi connectivity index (χ0) is 39.3. The summed E-state index contributed by atoms with van der Waals surface area (Å²) in [5.41, 5.74) is 0. The number of unbranched alkanes of at least 4 members (excludes halogenated alkanes) is 19. The number of allylic oxidation sites excluding steroid dienone is 3. The molecule has 1 aliphatic rings. The van der Waals surface area contributed by atoms with Crippen molar-refractivity contribution in [1.29, 1.82) is 0 Å². The Hall–Kier alpha value is -1.67. The Kier molecular flexibility index (Phi) is 28.4. The number of carbonyl (C=O) groups is 2. The minimum atomic E-state index is -5.12. The first-order valence-corrected chi connectivity index (χ1v) is 21.7. The third kappa shape index (κ3) is 23.8. The van der Waals surface area contributed by atoms with Crippen LogP contribution in [0.2, 0.25) is 0 Å². The average Bonchev–Trinajstić information content (AvgIpc) is 3.13. The molecule has 0 aliphatic heterocycles. The van der Waals surface area contributed by atoms with Crippen LogP contribution in [0.25, 0.3) is 0 Å². The molecule has 0 spiro atoms. The monoisotopic (exact) mass is 778 g/mol. The van der Waals surface area contributed by atoms with Gasteiger partial charge in [-0.3, -0.25) is 13.8 Å². The fraction of sp³-hybridized carbons (Fsp3) is 0.846. The number of ether oxygens (including phenoxy) is 2. The van der Waals surface area contributed by atoms with Gasteiger partial charge in [-0.05, 0) is 19.3 Å². The fourth-order valence-electron chi connectivity index (χ4n) is 6.08. The zero-order valence-electron chi connectivity index (χ0n) is 32.3. The second kappa shape index (κ2) is 30.5. The van der Waals surface area contributed by atoms with Gasteiger partial charge in [-0.25, -0.2) is 9.36 Å². The Morgan fingerprint density at radius 2 is 1.08 bits per heavy atom. The van der Waals surface area contributed by atoms with Crippen LogP contribution in [-0.4, -0.2) is 98.3 Å². The molecule has 310 valence electrons. The van der Waals surface area contributed by atoms with Crippen molar-refractivity contribution in [3.63, 3.8) is 0 Å². The third-order valence-corrected chi connectivity index (χ3v) is 10.4. The summed E-state index contributed by atoms with van der Waals surface area (Å²) in [6, 6.07) is 0. The number of phosphoric acid groups is 1. The number of rotatable bonds is 32. The minimum Gasteiger partial charge on any atom is -0.458 e. The SMILES string of the molecule is CCCCCCCCCCCCC/C=C/C=C/C(=O)OC[C@@H](COP(=O)(O)OC1C(O)C(O)C(O)[C@H](O)C1O)OC(=O)CCCCCCCCCCC. The topological polar surface area (TPSA) is 210 Å². The highest BCUT2D eigenvalue weighted by atomic mass is 31.2. The Morgan fingerprint density at radius 3 is 1.58 bits per heavy atom. The van der Waals surface area contributed by atoms with Crippen molar-refractivity contribution in [3.05, 3.63) is 24.3 Å². The van der Waals surface area contributed by atoms with Crippen molar-refractivity contribution in [3.8, 4) is 0 Å². The lowest BCUT2D eigenvalue weighted by molar-refractivity contribution is -0.220. The second-order valence-electron chi connectivity index (χ2n) is 14.2. The number of hydrogen-bond acceptors (Lipinski definition) is 12. The maximum Gasteiger partial charge on any atom is 0.472 e. The molecular formula is C39H71O13P. The summed E-state index contributed by atoms with van der Waals surface area (Å²) in [5.74, 6) is -1.35. The van der Waals surface area contributed by atoms with Gasteiger partial charge in [0.1, 0.15) is 43.2 Å². The lowest BCUT2D eigenvalue weighted by Gasteiger charge is -2.41. The number of hydrogen-bond donors (Lipinski definition) is 6. The molecular weight excluding hydrogens is 707 g/mol. The van der Waals surface area contributed by atoms with E-state index < -0.39 is 75.7 Å². The number of aliphatic hydroxyl groups is 5. The molecule has 0 aromatic rings. The smallest absolute Gasteiger partial charge is 0.458 e. The predicted octanol–water partition coefficient (Wildman–Crippen LogP) is 6.50. The van der Waals surface area contributed by atoms with Gasteiger partial charge in [-0.15, -0.1) is 0 Å². The van der Waals surface area contributed by atoms with Gasteiger partial charge in [0.25, 0.3) is 0 Å². The van der Waals surface area contributed by atoms with E-state index in [1.807, 2.05) is 6.08 Å². The Bertz CT molecular complexity index is 1040. The molecule has 6 unspecified atom stereocenters. The maximum absolute atomic E-state index is 12.7. The summed E-state index contributed by atoms with van der Waals surface area (Å²) in [6.07, 6.45) is 17.6. The molecule has 0 aromatic heterocycles. The number of phosphoric ester groups is 1. The van der Waals surface area contributed by atoms with Gasteiger partial charge in [-0.2, -0.15) is 0 Å². The highest BCUT2D eigenvalue weighted by Gasteiger charge is 2.51. The van der Waals surface area contributed by atoms with Crippen molar-refractivity contribution < 1.29 is 63.1 Å². The first-order chi connectivity index (χ1) is 25.4. The minimum absolute atomic E-state index is 0.0793. The van der Waals surface area contributed by atoms with Crippen molar-refractivity contribution in [2.75, 3.05) is 13.2 Å². The molecule has 0 radical (unpaired) electrons. The van der Waals surface area contributed by atoms with Gasteiger partial charge in [0.05, 0.1) is 6.61 Å².